The summed E-state index contributed by atoms with van der Waals surface area (Å²) in [4.78, 5) is 13.4. The van der Waals surface area contributed by atoms with Gasteiger partial charge < -0.3 is 5.32 Å². The van der Waals surface area contributed by atoms with E-state index in [1.165, 1.54) is 6.92 Å². The lowest BCUT2D eigenvalue weighted by molar-refractivity contribution is -0.119. The lowest BCUT2D eigenvalue weighted by Crippen LogP contribution is -2.50. The number of hydrogen-bond acceptors (Lipinski definition) is 4. The number of nitrogens with one attached hydrogen (secondary N) is 1. The van der Waals surface area contributed by atoms with Crippen molar-refractivity contribution < 1.29 is 13.2 Å². The first-order valence-electron chi connectivity index (χ1n) is 7.85. The minimum atomic E-state index is -3.42. The van der Waals surface area contributed by atoms with Crippen LogP contribution in [0.2, 0.25) is 0 Å². The van der Waals surface area contributed by atoms with E-state index >= 15 is 0 Å². The standard InChI is InChI=1S/C16H25N3O3S/c1-13-4-5-16(12-14(13)2)23(21,22)19-10-8-18(9-11-19)7-6-17-15(3)20/h4-5,12H,6-11H2,1-3H3,(H,17,20). The molecule has 0 aliphatic carbocycles. The van der Waals surface area contributed by atoms with E-state index in [1.807, 2.05) is 19.9 Å². The number of carbonyl (C=O) groups is 1. The number of rotatable bonds is 5. The average Bonchev–Trinajstić information content (AvgIpc) is 2.50. The minimum Gasteiger partial charge on any atom is -0.355 e. The number of carbonyl (C=O) groups excluding carboxylic acids is 1. The first-order chi connectivity index (χ1) is 10.8. The molecule has 2 rings (SSSR count). The number of nitrogens with zero attached hydrogens (tertiary/aromatic N) is 2. The Morgan fingerprint density at radius 2 is 1.78 bits per heavy atom. The molecule has 0 aromatic heterocycles. The fraction of sp³-hybridized carbons (Fsp3) is 0.562. The molecule has 0 atom stereocenters. The van der Waals surface area contributed by atoms with Crippen LogP contribution < -0.4 is 5.32 Å². The molecule has 128 valence electrons. The molecule has 1 amide bonds. The van der Waals surface area contributed by atoms with E-state index in [9.17, 15) is 13.2 Å². The lowest BCUT2D eigenvalue weighted by Gasteiger charge is -2.34. The van der Waals surface area contributed by atoms with Crippen molar-refractivity contribution in [1.82, 2.24) is 14.5 Å². The first-order valence-corrected chi connectivity index (χ1v) is 9.29. The summed E-state index contributed by atoms with van der Waals surface area (Å²) in [5, 5.41) is 2.76. The van der Waals surface area contributed by atoms with Gasteiger partial charge in [-0.1, -0.05) is 6.07 Å². The highest BCUT2D eigenvalue weighted by molar-refractivity contribution is 7.89. The second kappa shape index (κ2) is 7.42. The molecule has 1 aliphatic heterocycles. The van der Waals surface area contributed by atoms with Crippen LogP contribution in [0.15, 0.2) is 23.1 Å². The Morgan fingerprint density at radius 3 is 2.35 bits per heavy atom. The highest BCUT2D eigenvalue weighted by Crippen LogP contribution is 2.20. The summed E-state index contributed by atoms with van der Waals surface area (Å²) in [7, 11) is -3.42. The summed E-state index contributed by atoms with van der Waals surface area (Å²) in [6, 6.07) is 5.28. The van der Waals surface area contributed by atoms with Crippen LogP contribution in [0.1, 0.15) is 18.1 Å². The molecule has 1 aliphatic rings. The van der Waals surface area contributed by atoms with Gasteiger partial charge in [0.1, 0.15) is 0 Å². The predicted molar refractivity (Wildman–Crippen MR) is 89.8 cm³/mol. The normalized spacial score (nSPS) is 17.2. The largest absolute Gasteiger partial charge is 0.355 e. The van der Waals surface area contributed by atoms with Crippen molar-refractivity contribution in [1.29, 1.82) is 0 Å². The third kappa shape index (κ3) is 4.53. The maximum atomic E-state index is 12.7. The molecule has 1 saturated heterocycles. The van der Waals surface area contributed by atoms with Crippen molar-refractivity contribution in [3.8, 4) is 0 Å². The van der Waals surface area contributed by atoms with E-state index in [-0.39, 0.29) is 5.91 Å². The average molecular weight is 339 g/mol. The van der Waals surface area contributed by atoms with Crippen LogP contribution in [0.5, 0.6) is 0 Å². The zero-order chi connectivity index (χ0) is 17.0. The van der Waals surface area contributed by atoms with Gasteiger partial charge in [0.25, 0.3) is 0 Å². The monoisotopic (exact) mass is 339 g/mol. The molecule has 0 radical (unpaired) electrons. The Bertz CT molecular complexity index is 665. The van der Waals surface area contributed by atoms with Crippen molar-refractivity contribution >= 4 is 15.9 Å². The molecule has 0 unspecified atom stereocenters. The number of sulfonamides is 1. The van der Waals surface area contributed by atoms with Crippen LogP contribution in [0.25, 0.3) is 0 Å². The fourth-order valence-corrected chi connectivity index (χ4v) is 4.11. The highest BCUT2D eigenvalue weighted by Gasteiger charge is 2.28. The molecule has 1 aromatic rings. The van der Waals surface area contributed by atoms with Crippen molar-refractivity contribution in [3.63, 3.8) is 0 Å². The molecule has 23 heavy (non-hydrogen) atoms. The SMILES string of the molecule is CC(=O)NCCN1CCN(S(=O)(=O)c2ccc(C)c(C)c2)CC1. The molecule has 7 heteroatoms. The number of amides is 1. The van der Waals surface area contributed by atoms with Crippen LogP contribution in [0.3, 0.4) is 0 Å². The van der Waals surface area contributed by atoms with Crippen molar-refractivity contribution in [3.05, 3.63) is 29.3 Å². The smallest absolute Gasteiger partial charge is 0.243 e. The third-order valence-electron chi connectivity index (χ3n) is 4.25. The van der Waals surface area contributed by atoms with Crippen molar-refractivity contribution in [2.45, 2.75) is 25.7 Å². The second-order valence-corrected chi connectivity index (χ2v) is 7.91. The third-order valence-corrected chi connectivity index (χ3v) is 6.14. The van der Waals surface area contributed by atoms with Crippen LogP contribution in [0.4, 0.5) is 0 Å². The Balaban J connectivity index is 1.95. The van der Waals surface area contributed by atoms with Gasteiger partial charge >= 0.3 is 0 Å². The summed E-state index contributed by atoms with van der Waals surface area (Å²) in [6.45, 7) is 9.07. The van der Waals surface area contributed by atoms with Gasteiger partial charge in [-0.15, -0.1) is 0 Å². The summed E-state index contributed by atoms with van der Waals surface area (Å²) in [6.07, 6.45) is 0. The zero-order valence-electron chi connectivity index (χ0n) is 14.0. The van der Waals surface area contributed by atoms with Crippen LogP contribution in [0, 0.1) is 13.8 Å². The highest BCUT2D eigenvalue weighted by atomic mass is 32.2. The van der Waals surface area contributed by atoms with Crippen LogP contribution >= 0.6 is 0 Å². The van der Waals surface area contributed by atoms with Gasteiger partial charge in [-0.3, -0.25) is 9.69 Å². The Hall–Kier alpha value is -1.44. The van der Waals surface area contributed by atoms with Crippen LogP contribution in [-0.4, -0.2) is 62.8 Å². The predicted octanol–water partition coefficient (Wildman–Crippen LogP) is 0.746. The van der Waals surface area contributed by atoms with Gasteiger partial charge in [-0.05, 0) is 37.1 Å². The topological polar surface area (TPSA) is 69.7 Å². The van der Waals surface area contributed by atoms with E-state index in [2.05, 4.69) is 10.2 Å². The summed E-state index contributed by atoms with van der Waals surface area (Å²) in [5.74, 6) is -0.0408. The molecule has 0 spiro atoms. The second-order valence-electron chi connectivity index (χ2n) is 5.97. The Labute approximate surface area is 138 Å². The van der Waals surface area contributed by atoms with E-state index < -0.39 is 10.0 Å². The molecule has 6 nitrogen and oxygen atoms in total. The van der Waals surface area contributed by atoms with E-state index in [1.54, 1.807) is 16.4 Å². The molecular weight excluding hydrogens is 314 g/mol. The Kier molecular flexibility index (Phi) is 5.78. The molecule has 1 heterocycles. The van der Waals surface area contributed by atoms with Gasteiger partial charge in [0.2, 0.25) is 15.9 Å². The van der Waals surface area contributed by atoms with Crippen molar-refractivity contribution in [2.75, 3.05) is 39.3 Å². The van der Waals surface area contributed by atoms with Gasteiger partial charge in [0, 0.05) is 46.2 Å². The van der Waals surface area contributed by atoms with Crippen molar-refractivity contribution in [2.24, 2.45) is 0 Å². The number of hydrogen-bond donors (Lipinski definition) is 1. The summed E-state index contributed by atoms with van der Waals surface area (Å²) < 4.78 is 27.0. The van der Waals surface area contributed by atoms with Gasteiger partial charge in [0.15, 0.2) is 0 Å². The Morgan fingerprint density at radius 1 is 1.13 bits per heavy atom. The molecular formula is C16H25N3O3S. The summed E-state index contributed by atoms with van der Waals surface area (Å²) >= 11 is 0. The number of benzene rings is 1. The van der Waals surface area contributed by atoms with E-state index in [0.717, 1.165) is 17.7 Å². The first kappa shape index (κ1) is 17.9. The minimum absolute atomic E-state index is 0.0408. The van der Waals surface area contributed by atoms with Gasteiger partial charge in [-0.25, -0.2) is 8.42 Å². The van der Waals surface area contributed by atoms with E-state index in [0.29, 0.717) is 37.6 Å². The summed E-state index contributed by atoms with van der Waals surface area (Å²) in [5.41, 5.74) is 2.08. The molecule has 1 aromatic carbocycles. The molecule has 1 fully saturated rings. The fourth-order valence-electron chi connectivity index (χ4n) is 2.61. The van der Waals surface area contributed by atoms with Gasteiger partial charge in [-0.2, -0.15) is 4.31 Å². The maximum absolute atomic E-state index is 12.7. The molecule has 1 N–H and O–H groups in total. The molecule has 0 bridgehead atoms. The van der Waals surface area contributed by atoms with E-state index in [4.69, 9.17) is 0 Å². The van der Waals surface area contributed by atoms with Crippen LogP contribution in [-0.2, 0) is 14.8 Å². The maximum Gasteiger partial charge on any atom is 0.243 e. The number of piperazine rings is 1. The number of aryl methyl sites for hydroxylation is 2. The van der Waals surface area contributed by atoms with Gasteiger partial charge in [0.05, 0.1) is 4.90 Å². The zero-order valence-corrected chi connectivity index (χ0v) is 14.8. The lowest BCUT2D eigenvalue weighted by atomic mass is 10.1. The quantitative estimate of drug-likeness (QED) is 0.859. The molecule has 0 saturated carbocycles.